The first-order valence-corrected chi connectivity index (χ1v) is 8.55. The minimum atomic E-state index is -0.167. The first-order chi connectivity index (χ1) is 12.2. The van der Waals surface area contributed by atoms with E-state index in [-0.39, 0.29) is 36.7 Å². The number of nitrogens with one attached hydrogen (secondary N) is 1. The summed E-state index contributed by atoms with van der Waals surface area (Å²) in [6.45, 7) is 2.88. The highest BCUT2D eigenvalue weighted by Gasteiger charge is 2.46. The highest BCUT2D eigenvalue weighted by Crippen LogP contribution is 2.45. The standard InChI is InChI=1S/C18H19FN6.2ClH/c1-24-7-12-8-25(18-14-6-22-23-17(14)20-10-21-18)9-15(12)16(24)11-3-2-4-13(19)5-11;;/h2-6,10,12,15-16H,7-9H2,1H3,(H,20,21,22,23);2*1H/t12-,15+,16-;;/m0../s1. The van der Waals surface area contributed by atoms with E-state index < -0.39 is 0 Å². The Morgan fingerprint density at radius 2 is 2.00 bits per heavy atom. The molecule has 1 aromatic carbocycles. The number of benzene rings is 1. The van der Waals surface area contributed by atoms with Gasteiger partial charge in [0.2, 0.25) is 0 Å². The Balaban J connectivity index is 0.00000105. The van der Waals surface area contributed by atoms with Crippen LogP contribution in [-0.2, 0) is 0 Å². The summed E-state index contributed by atoms with van der Waals surface area (Å²) in [5, 5.41) is 7.95. The molecule has 2 saturated heterocycles. The lowest BCUT2D eigenvalue weighted by molar-refractivity contribution is 0.279. The van der Waals surface area contributed by atoms with Gasteiger partial charge in [-0.3, -0.25) is 10.00 Å². The minimum Gasteiger partial charge on any atom is -0.355 e. The van der Waals surface area contributed by atoms with E-state index in [1.54, 1.807) is 24.7 Å². The Bertz CT molecular complexity index is 935. The van der Waals surface area contributed by atoms with Gasteiger partial charge in [-0.2, -0.15) is 5.10 Å². The van der Waals surface area contributed by atoms with Crippen LogP contribution in [0.5, 0.6) is 0 Å². The molecule has 5 rings (SSSR count). The predicted molar refractivity (Wildman–Crippen MR) is 107 cm³/mol. The number of rotatable bonds is 2. The first kappa shape index (κ1) is 19.8. The van der Waals surface area contributed by atoms with E-state index in [0.717, 1.165) is 42.0 Å². The molecule has 27 heavy (non-hydrogen) atoms. The SMILES string of the molecule is CN1C[C@H]2CN(c3ncnc4[nH]ncc34)C[C@H]2[C@@H]1c1cccc(F)c1.Cl.Cl. The van der Waals surface area contributed by atoms with Gasteiger partial charge in [-0.15, -0.1) is 24.8 Å². The van der Waals surface area contributed by atoms with Crippen LogP contribution in [0.25, 0.3) is 11.0 Å². The van der Waals surface area contributed by atoms with E-state index in [9.17, 15) is 4.39 Å². The van der Waals surface area contributed by atoms with Crippen LogP contribution in [0.1, 0.15) is 11.6 Å². The number of halogens is 3. The third-order valence-corrected chi connectivity index (χ3v) is 5.61. The third-order valence-electron chi connectivity index (χ3n) is 5.61. The normalized spacial score (nSPS) is 24.5. The molecule has 2 aromatic heterocycles. The molecule has 0 radical (unpaired) electrons. The summed E-state index contributed by atoms with van der Waals surface area (Å²) in [5.74, 6) is 1.79. The molecule has 3 aromatic rings. The summed E-state index contributed by atoms with van der Waals surface area (Å²) in [4.78, 5) is 13.4. The van der Waals surface area contributed by atoms with Crippen LogP contribution in [0.2, 0.25) is 0 Å². The van der Waals surface area contributed by atoms with Crippen molar-refractivity contribution in [2.45, 2.75) is 6.04 Å². The monoisotopic (exact) mass is 410 g/mol. The van der Waals surface area contributed by atoms with Crippen LogP contribution >= 0.6 is 24.8 Å². The summed E-state index contributed by atoms with van der Waals surface area (Å²) in [6, 6.07) is 7.26. The smallest absolute Gasteiger partial charge is 0.160 e. The summed E-state index contributed by atoms with van der Waals surface area (Å²) >= 11 is 0. The van der Waals surface area contributed by atoms with Crippen molar-refractivity contribution in [3.8, 4) is 0 Å². The molecule has 0 spiro atoms. The lowest BCUT2D eigenvalue weighted by Gasteiger charge is -2.27. The highest BCUT2D eigenvalue weighted by molar-refractivity contribution is 5.86. The van der Waals surface area contributed by atoms with Crippen molar-refractivity contribution >= 4 is 41.7 Å². The highest BCUT2D eigenvalue weighted by atomic mass is 35.5. The minimum absolute atomic E-state index is 0. The van der Waals surface area contributed by atoms with Crippen molar-refractivity contribution in [3.63, 3.8) is 0 Å². The van der Waals surface area contributed by atoms with Crippen LogP contribution in [0.15, 0.2) is 36.8 Å². The van der Waals surface area contributed by atoms with Crippen molar-refractivity contribution in [3.05, 3.63) is 48.2 Å². The molecular formula is C18H21Cl2FN6. The molecular weight excluding hydrogens is 390 g/mol. The lowest BCUT2D eigenvalue weighted by Crippen LogP contribution is -2.29. The molecule has 0 aliphatic carbocycles. The number of nitrogens with zero attached hydrogens (tertiary/aromatic N) is 5. The fraction of sp³-hybridized carbons (Fsp3) is 0.389. The molecule has 0 saturated carbocycles. The maximum Gasteiger partial charge on any atom is 0.160 e. The van der Waals surface area contributed by atoms with Crippen LogP contribution < -0.4 is 4.90 Å². The molecule has 2 fully saturated rings. The molecule has 4 heterocycles. The number of anilines is 1. The molecule has 6 nitrogen and oxygen atoms in total. The second kappa shape index (κ2) is 7.58. The van der Waals surface area contributed by atoms with Gasteiger partial charge in [0.25, 0.3) is 0 Å². The summed E-state index contributed by atoms with van der Waals surface area (Å²) in [7, 11) is 2.14. The Kier molecular flexibility index (Phi) is 5.55. The number of fused-ring (bicyclic) bond motifs is 2. The van der Waals surface area contributed by atoms with Crippen molar-refractivity contribution < 1.29 is 4.39 Å². The van der Waals surface area contributed by atoms with Gasteiger partial charge in [0, 0.05) is 31.6 Å². The molecule has 3 atom stereocenters. The zero-order valence-corrected chi connectivity index (χ0v) is 16.4. The lowest BCUT2D eigenvalue weighted by atomic mass is 9.89. The van der Waals surface area contributed by atoms with Gasteiger partial charge >= 0.3 is 0 Å². The molecule has 0 unspecified atom stereocenters. The number of H-pyrrole nitrogens is 1. The summed E-state index contributed by atoms with van der Waals surface area (Å²) in [5.41, 5.74) is 1.83. The number of aromatic nitrogens is 4. The van der Waals surface area contributed by atoms with Crippen molar-refractivity contribution in [2.75, 3.05) is 31.6 Å². The number of hydrogen-bond acceptors (Lipinski definition) is 5. The van der Waals surface area contributed by atoms with Crippen molar-refractivity contribution in [1.29, 1.82) is 0 Å². The van der Waals surface area contributed by atoms with Gasteiger partial charge in [0.1, 0.15) is 18.0 Å². The Hall–Kier alpha value is -1.96. The number of hydrogen-bond donors (Lipinski definition) is 1. The second-order valence-electron chi connectivity index (χ2n) is 7.10. The number of aromatic amines is 1. The third kappa shape index (κ3) is 3.24. The van der Waals surface area contributed by atoms with E-state index in [0.29, 0.717) is 11.8 Å². The van der Waals surface area contributed by atoms with Crippen molar-refractivity contribution in [2.24, 2.45) is 11.8 Å². The van der Waals surface area contributed by atoms with Crippen molar-refractivity contribution in [1.82, 2.24) is 25.1 Å². The van der Waals surface area contributed by atoms with Gasteiger partial charge in [-0.05, 0) is 30.7 Å². The van der Waals surface area contributed by atoms with Crippen LogP contribution in [-0.4, -0.2) is 51.7 Å². The Morgan fingerprint density at radius 1 is 1.15 bits per heavy atom. The topological polar surface area (TPSA) is 60.9 Å². The van der Waals surface area contributed by atoms with E-state index in [4.69, 9.17) is 0 Å². The second-order valence-corrected chi connectivity index (χ2v) is 7.10. The summed E-state index contributed by atoms with van der Waals surface area (Å²) in [6.07, 6.45) is 3.37. The molecule has 0 bridgehead atoms. The largest absolute Gasteiger partial charge is 0.355 e. The average Bonchev–Trinajstić information content (AvgIpc) is 3.27. The molecule has 1 N–H and O–H groups in total. The molecule has 2 aliphatic rings. The van der Waals surface area contributed by atoms with Gasteiger partial charge in [-0.25, -0.2) is 14.4 Å². The van der Waals surface area contributed by atoms with Gasteiger partial charge in [-0.1, -0.05) is 12.1 Å². The predicted octanol–water partition coefficient (Wildman–Crippen LogP) is 3.07. The van der Waals surface area contributed by atoms with Crippen LogP contribution in [0.4, 0.5) is 10.2 Å². The van der Waals surface area contributed by atoms with Gasteiger partial charge in [0.15, 0.2) is 5.65 Å². The quantitative estimate of drug-likeness (QED) is 0.703. The maximum atomic E-state index is 13.7. The van der Waals surface area contributed by atoms with Gasteiger partial charge < -0.3 is 4.90 Å². The zero-order valence-electron chi connectivity index (χ0n) is 14.7. The fourth-order valence-electron chi connectivity index (χ4n) is 4.63. The number of likely N-dealkylation sites (tertiary alicyclic amines) is 1. The van der Waals surface area contributed by atoms with E-state index in [1.807, 2.05) is 6.07 Å². The molecule has 9 heteroatoms. The van der Waals surface area contributed by atoms with Crippen LogP contribution in [0.3, 0.4) is 0 Å². The molecule has 2 aliphatic heterocycles. The van der Waals surface area contributed by atoms with Crippen LogP contribution in [0, 0.1) is 17.7 Å². The first-order valence-electron chi connectivity index (χ1n) is 8.55. The van der Waals surface area contributed by atoms with E-state index >= 15 is 0 Å². The maximum absolute atomic E-state index is 13.7. The summed E-state index contributed by atoms with van der Waals surface area (Å²) < 4.78 is 13.7. The average molecular weight is 411 g/mol. The van der Waals surface area contributed by atoms with E-state index in [2.05, 4.69) is 37.0 Å². The Morgan fingerprint density at radius 3 is 2.81 bits per heavy atom. The fourth-order valence-corrected chi connectivity index (χ4v) is 4.63. The van der Waals surface area contributed by atoms with Gasteiger partial charge in [0.05, 0.1) is 11.6 Å². The Labute approximate surface area is 169 Å². The molecule has 0 amide bonds. The van der Waals surface area contributed by atoms with E-state index in [1.165, 1.54) is 6.07 Å². The zero-order chi connectivity index (χ0) is 17.0. The molecule has 144 valence electrons.